The van der Waals surface area contributed by atoms with Gasteiger partial charge >= 0.3 is 0 Å². The summed E-state index contributed by atoms with van der Waals surface area (Å²) in [6.07, 6.45) is 0. The maximum Gasteiger partial charge on any atom is 0.164 e. The van der Waals surface area contributed by atoms with Crippen LogP contribution in [0.25, 0.3) is 22.3 Å². The van der Waals surface area contributed by atoms with Gasteiger partial charge in [0.15, 0.2) is 5.82 Å². The molecule has 0 radical (unpaired) electrons. The minimum absolute atomic E-state index is 0.206. The number of thiophene rings is 1. The molecular weight excluding hydrogens is 308 g/mol. The van der Waals surface area contributed by atoms with Gasteiger partial charge in [0.2, 0.25) is 0 Å². The molecule has 0 saturated heterocycles. The van der Waals surface area contributed by atoms with Gasteiger partial charge in [-0.2, -0.15) is 0 Å². The first-order chi connectivity index (χ1) is 9.04. The first-order valence-electron chi connectivity index (χ1n) is 5.22. The number of rotatable bonds is 1. The molecule has 2 heterocycles. The van der Waals surface area contributed by atoms with Crippen LogP contribution in [0.1, 0.15) is 0 Å². The molecule has 0 aliphatic heterocycles. The highest BCUT2D eigenvalue weighted by Gasteiger charge is 2.13. The fourth-order valence-corrected chi connectivity index (χ4v) is 3.19. The normalized spacial score (nSPS) is 11.1. The van der Waals surface area contributed by atoms with Crippen molar-refractivity contribution in [3.05, 3.63) is 38.8 Å². The zero-order chi connectivity index (χ0) is 13.6. The highest BCUT2D eigenvalue weighted by molar-refractivity contribution is 7.20. The van der Waals surface area contributed by atoms with E-state index in [1.54, 1.807) is 12.1 Å². The van der Waals surface area contributed by atoms with Crippen LogP contribution < -0.4 is 5.73 Å². The van der Waals surface area contributed by atoms with Crippen LogP contribution in [0.15, 0.2) is 24.3 Å². The number of halogens is 3. The Balaban J connectivity index is 2.26. The molecule has 3 rings (SSSR count). The molecule has 0 aliphatic carbocycles. The summed E-state index contributed by atoms with van der Waals surface area (Å²) in [7, 11) is 0. The van der Waals surface area contributed by atoms with E-state index in [2.05, 4.69) is 9.97 Å². The maximum absolute atomic E-state index is 13.2. The zero-order valence-corrected chi connectivity index (χ0v) is 11.7. The van der Waals surface area contributed by atoms with Crippen LogP contribution in [0.2, 0.25) is 8.67 Å². The van der Waals surface area contributed by atoms with Crippen LogP contribution in [-0.4, -0.2) is 9.97 Å². The van der Waals surface area contributed by atoms with Gasteiger partial charge in [-0.15, -0.1) is 11.3 Å². The average molecular weight is 314 g/mol. The largest absolute Gasteiger partial charge is 0.383 e. The molecule has 0 atom stereocenters. The fourth-order valence-electron chi connectivity index (χ4n) is 1.74. The van der Waals surface area contributed by atoms with Gasteiger partial charge in [-0.3, -0.25) is 0 Å². The molecule has 2 aromatic heterocycles. The second-order valence-corrected chi connectivity index (χ2v) is 6.12. The zero-order valence-electron chi connectivity index (χ0n) is 9.32. The highest BCUT2D eigenvalue weighted by Crippen LogP contribution is 2.37. The van der Waals surface area contributed by atoms with Gasteiger partial charge in [-0.05, 0) is 24.3 Å². The van der Waals surface area contributed by atoms with Gasteiger partial charge in [0.25, 0.3) is 0 Å². The van der Waals surface area contributed by atoms with Crippen LogP contribution >= 0.6 is 34.5 Å². The maximum atomic E-state index is 13.2. The van der Waals surface area contributed by atoms with Gasteiger partial charge in [-0.1, -0.05) is 23.2 Å². The number of nitrogens with two attached hydrogens (primary N) is 1. The van der Waals surface area contributed by atoms with Crippen LogP contribution in [-0.2, 0) is 0 Å². The molecule has 2 N–H and O–H groups in total. The van der Waals surface area contributed by atoms with Gasteiger partial charge in [0, 0.05) is 5.39 Å². The summed E-state index contributed by atoms with van der Waals surface area (Å²) in [5.41, 5.74) is 7.01. The Kier molecular flexibility index (Phi) is 3.05. The molecular formula is C12H6Cl2FN3S. The molecule has 3 aromatic rings. The second-order valence-electron chi connectivity index (χ2n) is 3.83. The molecule has 7 heteroatoms. The number of hydrogen-bond acceptors (Lipinski definition) is 4. The fraction of sp³-hybridized carbons (Fsp3) is 0. The van der Waals surface area contributed by atoms with E-state index in [-0.39, 0.29) is 11.6 Å². The lowest BCUT2D eigenvalue weighted by Gasteiger charge is -2.04. The van der Waals surface area contributed by atoms with Crippen molar-refractivity contribution in [2.75, 3.05) is 5.73 Å². The van der Waals surface area contributed by atoms with Gasteiger partial charge in [0.1, 0.15) is 16.0 Å². The van der Waals surface area contributed by atoms with Crippen molar-refractivity contribution in [3.63, 3.8) is 0 Å². The Labute approximate surface area is 121 Å². The number of hydrogen-bond donors (Lipinski definition) is 1. The van der Waals surface area contributed by atoms with Crippen LogP contribution in [0.5, 0.6) is 0 Å². The van der Waals surface area contributed by atoms with Crippen LogP contribution in [0, 0.1) is 5.82 Å². The number of fused-ring (bicyclic) bond motifs is 1. The van der Waals surface area contributed by atoms with E-state index in [0.29, 0.717) is 31.0 Å². The van der Waals surface area contributed by atoms with Crippen LogP contribution in [0.4, 0.5) is 10.2 Å². The summed E-state index contributed by atoms with van der Waals surface area (Å²) in [6, 6.07) is 5.85. The SMILES string of the molecule is Nc1nc(-c2cc(Cl)sc2Cl)nc2ccc(F)cc12. The molecule has 0 unspecified atom stereocenters. The average Bonchev–Trinajstić information content (AvgIpc) is 2.69. The third-order valence-electron chi connectivity index (χ3n) is 2.58. The van der Waals surface area contributed by atoms with E-state index >= 15 is 0 Å². The molecule has 0 spiro atoms. The Morgan fingerprint density at radius 3 is 2.63 bits per heavy atom. The number of anilines is 1. The van der Waals surface area contributed by atoms with Gasteiger partial charge in [0.05, 0.1) is 15.4 Å². The summed E-state index contributed by atoms with van der Waals surface area (Å²) in [4.78, 5) is 8.48. The summed E-state index contributed by atoms with van der Waals surface area (Å²) < 4.78 is 14.2. The first-order valence-corrected chi connectivity index (χ1v) is 6.80. The number of aromatic nitrogens is 2. The van der Waals surface area contributed by atoms with Crippen molar-refractivity contribution in [2.45, 2.75) is 0 Å². The molecule has 1 aromatic carbocycles. The van der Waals surface area contributed by atoms with Crippen molar-refractivity contribution >= 4 is 51.3 Å². The van der Waals surface area contributed by atoms with E-state index in [1.807, 2.05) is 0 Å². The monoisotopic (exact) mass is 313 g/mol. The molecule has 0 fully saturated rings. The Hall–Kier alpha value is -1.43. The van der Waals surface area contributed by atoms with Crippen molar-refractivity contribution < 1.29 is 4.39 Å². The summed E-state index contributed by atoms with van der Waals surface area (Å²) >= 11 is 13.2. The molecule has 0 bridgehead atoms. The first kappa shape index (κ1) is 12.6. The lowest BCUT2D eigenvalue weighted by Crippen LogP contribution is -1.97. The highest BCUT2D eigenvalue weighted by atomic mass is 35.5. The van der Waals surface area contributed by atoms with Crippen molar-refractivity contribution in [1.82, 2.24) is 9.97 Å². The van der Waals surface area contributed by atoms with E-state index in [4.69, 9.17) is 28.9 Å². The molecule has 0 aliphatic rings. The van der Waals surface area contributed by atoms with Gasteiger partial charge < -0.3 is 5.73 Å². The Bertz CT molecular complexity index is 788. The van der Waals surface area contributed by atoms with Crippen LogP contribution in [0.3, 0.4) is 0 Å². The number of nitrogen functional groups attached to an aromatic ring is 1. The van der Waals surface area contributed by atoms with E-state index in [1.165, 1.54) is 23.5 Å². The van der Waals surface area contributed by atoms with E-state index in [9.17, 15) is 4.39 Å². The van der Waals surface area contributed by atoms with Crippen molar-refractivity contribution in [3.8, 4) is 11.4 Å². The predicted molar refractivity (Wildman–Crippen MR) is 77.2 cm³/mol. The molecule has 3 nitrogen and oxygen atoms in total. The summed E-state index contributed by atoms with van der Waals surface area (Å²) in [5.74, 6) is 0.204. The second kappa shape index (κ2) is 4.59. The third kappa shape index (κ3) is 2.25. The van der Waals surface area contributed by atoms with Crippen molar-refractivity contribution in [2.24, 2.45) is 0 Å². The Morgan fingerprint density at radius 1 is 1.16 bits per heavy atom. The third-order valence-corrected chi connectivity index (χ3v) is 4.07. The molecule has 19 heavy (non-hydrogen) atoms. The smallest absolute Gasteiger partial charge is 0.164 e. The number of nitrogens with zero attached hydrogens (tertiary/aromatic N) is 2. The van der Waals surface area contributed by atoms with E-state index in [0.717, 1.165) is 0 Å². The quantitative estimate of drug-likeness (QED) is 0.725. The topological polar surface area (TPSA) is 51.8 Å². The standard InChI is InChI=1S/C12H6Cl2FN3S/c13-9-4-7(10(14)19-9)12-17-8-2-1-5(15)3-6(8)11(16)18-12/h1-4H,(H2,16,17,18). The lowest BCUT2D eigenvalue weighted by atomic mass is 10.2. The molecule has 0 amide bonds. The van der Waals surface area contributed by atoms with E-state index < -0.39 is 0 Å². The predicted octanol–water partition coefficient (Wildman–Crippen LogP) is 4.39. The lowest BCUT2D eigenvalue weighted by molar-refractivity contribution is 0.629. The van der Waals surface area contributed by atoms with Crippen molar-refractivity contribution in [1.29, 1.82) is 0 Å². The number of benzene rings is 1. The Morgan fingerprint density at radius 2 is 1.95 bits per heavy atom. The molecule has 0 saturated carbocycles. The minimum atomic E-state index is -0.382. The summed E-state index contributed by atoms with van der Waals surface area (Å²) in [6.45, 7) is 0. The minimum Gasteiger partial charge on any atom is -0.383 e. The summed E-state index contributed by atoms with van der Waals surface area (Å²) in [5, 5.41) is 0.473. The van der Waals surface area contributed by atoms with Gasteiger partial charge in [-0.25, -0.2) is 14.4 Å². The molecule has 96 valence electrons.